The molecule has 0 unspecified atom stereocenters. The van der Waals surface area contributed by atoms with Crippen LogP contribution in [0.4, 0.5) is 11.4 Å². The molecule has 0 saturated heterocycles. The highest BCUT2D eigenvalue weighted by molar-refractivity contribution is 7.92. The van der Waals surface area contributed by atoms with Crippen molar-refractivity contribution in [2.24, 2.45) is 0 Å². The van der Waals surface area contributed by atoms with Gasteiger partial charge in [0.05, 0.1) is 6.26 Å². The maximum atomic E-state index is 11.0. The Kier molecular flexibility index (Phi) is 3.57. The van der Waals surface area contributed by atoms with Crippen molar-refractivity contribution in [3.8, 4) is 0 Å². The van der Waals surface area contributed by atoms with Crippen LogP contribution < -0.4 is 10.0 Å². The highest BCUT2D eigenvalue weighted by Crippen LogP contribution is 2.23. The van der Waals surface area contributed by atoms with E-state index < -0.39 is 10.0 Å². The second-order valence-electron chi connectivity index (χ2n) is 4.58. The Hall–Kier alpha value is -1.23. The van der Waals surface area contributed by atoms with E-state index in [1.807, 2.05) is 12.1 Å². The van der Waals surface area contributed by atoms with Crippen molar-refractivity contribution in [3.63, 3.8) is 0 Å². The normalized spacial score (nSPS) is 17.0. The SMILES string of the molecule is CS(=O)(=O)Nc1ccc(NC2CCCC2)cc1. The quantitative estimate of drug-likeness (QED) is 0.867. The molecule has 0 radical (unpaired) electrons. The standard InChI is InChI=1S/C12H18N2O2S/c1-17(15,16)14-12-8-6-11(7-9-12)13-10-4-2-3-5-10/h6-10,13-14H,2-5H2,1H3. The first-order chi connectivity index (χ1) is 8.03. The number of benzene rings is 1. The molecule has 0 bridgehead atoms. The van der Waals surface area contributed by atoms with Gasteiger partial charge in [0.1, 0.15) is 0 Å². The van der Waals surface area contributed by atoms with E-state index >= 15 is 0 Å². The lowest BCUT2D eigenvalue weighted by atomic mass is 10.2. The van der Waals surface area contributed by atoms with Crippen LogP contribution >= 0.6 is 0 Å². The van der Waals surface area contributed by atoms with Gasteiger partial charge in [0, 0.05) is 17.4 Å². The van der Waals surface area contributed by atoms with Crippen molar-refractivity contribution in [3.05, 3.63) is 24.3 Å². The first-order valence-electron chi connectivity index (χ1n) is 5.87. The number of sulfonamides is 1. The molecule has 17 heavy (non-hydrogen) atoms. The first kappa shape index (κ1) is 12.2. The Bertz CT molecular complexity index is 462. The van der Waals surface area contributed by atoms with Crippen molar-refractivity contribution < 1.29 is 8.42 Å². The smallest absolute Gasteiger partial charge is 0.229 e. The van der Waals surface area contributed by atoms with Gasteiger partial charge in [-0.1, -0.05) is 12.8 Å². The Morgan fingerprint density at radius 2 is 1.59 bits per heavy atom. The van der Waals surface area contributed by atoms with Crippen molar-refractivity contribution in [1.29, 1.82) is 0 Å². The van der Waals surface area contributed by atoms with Crippen LogP contribution in [0.2, 0.25) is 0 Å². The fourth-order valence-corrected chi connectivity index (χ4v) is 2.72. The summed E-state index contributed by atoms with van der Waals surface area (Å²) in [6.07, 6.45) is 6.20. The van der Waals surface area contributed by atoms with Crippen molar-refractivity contribution in [2.75, 3.05) is 16.3 Å². The lowest BCUT2D eigenvalue weighted by Gasteiger charge is -2.13. The van der Waals surface area contributed by atoms with Gasteiger partial charge in [0.2, 0.25) is 10.0 Å². The molecule has 0 atom stereocenters. The average molecular weight is 254 g/mol. The summed E-state index contributed by atoms with van der Waals surface area (Å²) in [5.74, 6) is 0. The third-order valence-electron chi connectivity index (χ3n) is 2.91. The predicted molar refractivity (Wildman–Crippen MR) is 70.8 cm³/mol. The van der Waals surface area contributed by atoms with Gasteiger partial charge in [-0.25, -0.2) is 8.42 Å². The molecule has 94 valence electrons. The van der Waals surface area contributed by atoms with E-state index in [1.165, 1.54) is 25.7 Å². The van der Waals surface area contributed by atoms with E-state index in [2.05, 4.69) is 10.0 Å². The summed E-state index contributed by atoms with van der Waals surface area (Å²) in [7, 11) is -3.18. The fraction of sp³-hybridized carbons (Fsp3) is 0.500. The van der Waals surface area contributed by atoms with Crippen LogP contribution in [0.5, 0.6) is 0 Å². The molecule has 0 heterocycles. The minimum Gasteiger partial charge on any atom is -0.382 e. The summed E-state index contributed by atoms with van der Waals surface area (Å²) < 4.78 is 24.5. The summed E-state index contributed by atoms with van der Waals surface area (Å²) in [4.78, 5) is 0. The van der Waals surface area contributed by atoms with Crippen LogP contribution in [0.15, 0.2) is 24.3 Å². The third kappa shape index (κ3) is 3.93. The lowest BCUT2D eigenvalue weighted by molar-refractivity contribution is 0.607. The summed E-state index contributed by atoms with van der Waals surface area (Å²) in [5.41, 5.74) is 1.65. The fourth-order valence-electron chi connectivity index (χ4n) is 2.15. The van der Waals surface area contributed by atoms with E-state index in [1.54, 1.807) is 12.1 Å². The van der Waals surface area contributed by atoms with Gasteiger partial charge in [-0.15, -0.1) is 0 Å². The van der Waals surface area contributed by atoms with Gasteiger partial charge in [-0.2, -0.15) is 0 Å². The molecule has 5 heteroatoms. The van der Waals surface area contributed by atoms with E-state index in [4.69, 9.17) is 0 Å². The van der Waals surface area contributed by atoms with Crippen LogP contribution in [0, 0.1) is 0 Å². The van der Waals surface area contributed by atoms with Crippen LogP contribution in [-0.2, 0) is 10.0 Å². The lowest BCUT2D eigenvalue weighted by Crippen LogP contribution is -2.14. The molecule has 4 nitrogen and oxygen atoms in total. The molecule has 1 aliphatic rings. The molecule has 1 aromatic rings. The molecule has 1 aliphatic carbocycles. The van der Waals surface area contributed by atoms with Gasteiger partial charge >= 0.3 is 0 Å². The zero-order valence-electron chi connectivity index (χ0n) is 9.94. The Labute approximate surface area is 102 Å². The van der Waals surface area contributed by atoms with Gasteiger partial charge in [0.25, 0.3) is 0 Å². The van der Waals surface area contributed by atoms with Crippen molar-refractivity contribution in [1.82, 2.24) is 0 Å². The highest BCUT2D eigenvalue weighted by Gasteiger charge is 2.14. The molecule has 0 aliphatic heterocycles. The summed E-state index contributed by atoms with van der Waals surface area (Å²) in [6, 6.07) is 7.94. The molecular formula is C12H18N2O2S. The summed E-state index contributed by atoms with van der Waals surface area (Å²) in [5, 5.41) is 3.45. The van der Waals surface area contributed by atoms with E-state index in [0.717, 1.165) is 11.9 Å². The topological polar surface area (TPSA) is 58.2 Å². The monoisotopic (exact) mass is 254 g/mol. The van der Waals surface area contributed by atoms with Gasteiger partial charge in [-0.05, 0) is 37.1 Å². The number of rotatable bonds is 4. The molecule has 0 spiro atoms. The molecule has 1 saturated carbocycles. The van der Waals surface area contributed by atoms with Crippen LogP contribution in [-0.4, -0.2) is 20.7 Å². The second-order valence-corrected chi connectivity index (χ2v) is 6.33. The van der Waals surface area contributed by atoms with Crippen molar-refractivity contribution >= 4 is 21.4 Å². The Balaban J connectivity index is 1.97. The number of anilines is 2. The molecule has 1 aromatic carbocycles. The second kappa shape index (κ2) is 4.96. The Morgan fingerprint density at radius 3 is 2.12 bits per heavy atom. The maximum absolute atomic E-state index is 11.0. The number of hydrogen-bond donors (Lipinski definition) is 2. The predicted octanol–water partition coefficient (Wildman–Crippen LogP) is 2.41. The molecule has 0 aromatic heterocycles. The highest BCUT2D eigenvalue weighted by atomic mass is 32.2. The van der Waals surface area contributed by atoms with Crippen LogP contribution in [0.25, 0.3) is 0 Å². The summed E-state index contributed by atoms with van der Waals surface area (Å²) >= 11 is 0. The van der Waals surface area contributed by atoms with E-state index in [9.17, 15) is 8.42 Å². The number of hydrogen-bond acceptors (Lipinski definition) is 3. The van der Waals surface area contributed by atoms with Crippen molar-refractivity contribution in [2.45, 2.75) is 31.7 Å². The molecule has 1 fully saturated rings. The number of nitrogens with one attached hydrogen (secondary N) is 2. The van der Waals surface area contributed by atoms with Gasteiger partial charge in [-0.3, -0.25) is 4.72 Å². The zero-order chi connectivity index (χ0) is 12.3. The third-order valence-corrected chi connectivity index (χ3v) is 3.52. The molecular weight excluding hydrogens is 236 g/mol. The van der Waals surface area contributed by atoms with E-state index in [-0.39, 0.29) is 0 Å². The molecule has 2 N–H and O–H groups in total. The largest absolute Gasteiger partial charge is 0.382 e. The maximum Gasteiger partial charge on any atom is 0.229 e. The molecule has 2 rings (SSSR count). The Morgan fingerprint density at radius 1 is 1.06 bits per heavy atom. The average Bonchev–Trinajstić information content (AvgIpc) is 2.71. The molecule has 0 amide bonds. The minimum atomic E-state index is -3.18. The summed E-state index contributed by atoms with van der Waals surface area (Å²) in [6.45, 7) is 0. The minimum absolute atomic E-state index is 0.573. The zero-order valence-corrected chi connectivity index (χ0v) is 10.8. The van der Waals surface area contributed by atoms with Crippen LogP contribution in [0.1, 0.15) is 25.7 Å². The van der Waals surface area contributed by atoms with Gasteiger partial charge < -0.3 is 5.32 Å². The van der Waals surface area contributed by atoms with Gasteiger partial charge in [0.15, 0.2) is 0 Å². The first-order valence-corrected chi connectivity index (χ1v) is 7.76. The van der Waals surface area contributed by atoms with E-state index in [0.29, 0.717) is 11.7 Å². The van der Waals surface area contributed by atoms with Crippen LogP contribution in [0.3, 0.4) is 0 Å².